The number of hydrogen-bond donors (Lipinski definition) is 0. The van der Waals surface area contributed by atoms with E-state index >= 15 is 0 Å². The lowest BCUT2D eigenvalue weighted by Gasteiger charge is -2.19. The normalized spacial score (nSPS) is 13.0. The van der Waals surface area contributed by atoms with Gasteiger partial charge in [0, 0.05) is 59.8 Å². The van der Waals surface area contributed by atoms with Crippen molar-refractivity contribution in [1.29, 1.82) is 0 Å². The van der Waals surface area contributed by atoms with E-state index in [2.05, 4.69) is 100.0 Å². The van der Waals surface area contributed by atoms with Crippen LogP contribution in [0.25, 0.3) is 98.8 Å². The third-order valence-electron chi connectivity index (χ3n) is 10.6. The molecular formula is C43H22N4O. The van der Waals surface area contributed by atoms with Gasteiger partial charge in [-0.25, -0.2) is 9.97 Å². The van der Waals surface area contributed by atoms with Crippen LogP contribution in [0.2, 0.25) is 0 Å². The van der Waals surface area contributed by atoms with Gasteiger partial charge in [0.25, 0.3) is 0 Å². The Kier molecular flexibility index (Phi) is 4.31. The van der Waals surface area contributed by atoms with Gasteiger partial charge in [0.15, 0.2) is 5.78 Å². The molecule has 0 atom stereocenters. The van der Waals surface area contributed by atoms with Crippen LogP contribution >= 0.6 is 0 Å². The average Bonchev–Trinajstić information content (AvgIpc) is 3.78. The molecule has 0 N–H and O–H groups in total. The summed E-state index contributed by atoms with van der Waals surface area (Å²) in [5.74, 6) is 0.613. The Labute approximate surface area is 272 Å². The molecule has 0 amide bonds. The van der Waals surface area contributed by atoms with Gasteiger partial charge in [-0.15, -0.1) is 0 Å². The van der Waals surface area contributed by atoms with Gasteiger partial charge in [-0.3, -0.25) is 9.36 Å². The summed E-state index contributed by atoms with van der Waals surface area (Å²) < 4.78 is 4.71. The van der Waals surface area contributed by atoms with E-state index in [9.17, 15) is 4.79 Å². The molecule has 0 spiro atoms. The number of carbonyl (C=O) groups is 1. The van der Waals surface area contributed by atoms with Crippen LogP contribution in [0.4, 0.5) is 0 Å². The summed E-state index contributed by atoms with van der Waals surface area (Å²) in [6, 6.07) is 46.5. The second-order valence-corrected chi connectivity index (χ2v) is 12.9. The Hall–Kier alpha value is -6.59. The molecule has 0 aliphatic heterocycles. The van der Waals surface area contributed by atoms with Crippen LogP contribution < -0.4 is 0 Å². The maximum absolute atomic E-state index is 13.6. The number of nitrogens with zero attached hydrogens (tertiary/aromatic N) is 4. The number of para-hydroxylation sites is 2. The summed E-state index contributed by atoms with van der Waals surface area (Å²) in [6.45, 7) is 0. The quantitative estimate of drug-likeness (QED) is 0.186. The van der Waals surface area contributed by atoms with Crippen LogP contribution in [-0.4, -0.2) is 24.7 Å². The molecule has 12 rings (SSSR count). The van der Waals surface area contributed by atoms with Gasteiger partial charge in [-0.1, -0.05) is 109 Å². The fourth-order valence-corrected chi connectivity index (χ4v) is 8.67. The predicted octanol–water partition coefficient (Wildman–Crippen LogP) is 10.2. The molecule has 0 radical (unpaired) electrons. The van der Waals surface area contributed by atoms with Crippen LogP contribution in [0.5, 0.6) is 0 Å². The van der Waals surface area contributed by atoms with Crippen molar-refractivity contribution >= 4 is 87.4 Å². The lowest BCUT2D eigenvalue weighted by Crippen LogP contribution is -2.13. The minimum atomic E-state index is 0.0184. The number of benzene rings is 7. The van der Waals surface area contributed by atoms with Crippen LogP contribution in [-0.2, 0) is 0 Å². The Morgan fingerprint density at radius 1 is 0.458 bits per heavy atom. The van der Waals surface area contributed by atoms with Crippen molar-refractivity contribution in [2.75, 3.05) is 0 Å². The zero-order valence-corrected chi connectivity index (χ0v) is 25.4. The molecule has 220 valence electrons. The first-order chi connectivity index (χ1) is 23.8. The van der Waals surface area contributed by atoms with Gasteiger partial charge in [0.2, 0.25) is 5.95 Å². The van der Waals surface area contributed by atoms with Gasteiger partial charge in [0.1, 0.15) is 0 Å². The SMILES string of the molecule is O=C1c2ccccc2-c2nc(-n3c4ccccc4c4c5c6ccc7ccccc7c6n6c7ccccc7c(cc43)c56)nc3cccc1c23. The van der Waals surface area contributed by atoms with Gasteiger partial charge in [-0.2, -0.15) is 0 Å². The van der Waals surface area contributed by atoms with Crippen molar-refractivity contribution < 1.29 is 4.79 Å². The molecule has 5 nitrogen and oxygen atoms in total. The van der Waals surface area contributed by atoms with Crippen molar-refractivity contribution in [3.05, 3.63) is 145 Å². The number of ketones is 1. The maximum Gasteiger partial charge on any atom is 0.235 e. The standard InChI is InChI=1S/C43H22N4O/c48-42-27-14-4-3-13-26(27)39-36-30(42)16-9-17-32(36)44-43(45-39)46-34-19-8-6-15-28(34)37-35(46)22-31-25-12-5-7-18-33(25)47-40-24-11-2-1-10-23(24)20-21-29(40)38(37)41(31)47/h1-22H. The summed E-state index contributed by atoms with van der Waals surface area (Å²) in [5, 5.41) is 10.5. The largest absolute Gasteiger partial charge is 0.307 e. The highest BCUT2D eigenvalue weighted by molar-refractivity contribution is 6.37. The van der Waals surface area contributed by atoms with Crippen molar-refractivity contribution in [1.82, 2.24) is 18.9 Å². The Morgan fingerprint density at radius 2 is 1.19 bits per heavy atom. The Balaban J connectivity index is 1.32. The first kappa shape index (κ1) is 24.6. The van der Waals surface area contributed by atoms with E-state index < -0.39 is 0 Å². The summed E-state index contributed by atoms with van der Waals surface area (Å²) in [4.78, 5) is 24.1. The second-order valence-electron chi connectivity index (χ2n) is 12.9. The maximum atomic E-state index is 13.6. The zero-order valence-electron chi connectivity index (χ0n) is 25.4. The second kappa shape index (κ2) is 8.41. The first-order valence-corrected chi connectivity index (χ1v) is 16.2. The van der Waals surface area contributed by atoms with Crippen LogP contribution in [0.1, 0.15) is 15.9 Å². The van der Waals surface area contributed by atoms with E-state index in [1.54, 1.807) is 0 Å². The molecule has 1 aliphatic carbocycles. The van der Waals surface area contributed by atoms with Crippen molar-refractivity contribution in [3.8, 4) is 17.2 Å². The molecule has 0 fully saturated rings. The fourth-order valence-electron chi connectivity index (χ4n) is 8.67. The fraction of sp³-hybridized carbons (Fsp3) is 0. The van der Waals surface area contributed by atoms with Crippen molar-refractivity contribution in [2.24, 2.45) is 0 Å². The molecule has 0 unspecified atom stereocenters. The molecular weight excluding hydrogens is 589 g/mol. The van der Waals surface area contributed by atoms with Crippen LogP contribution in [0.15, 0.2) is 133 Å². The number of hydrogen-bond acceptors (Lipinski definition) is 3. The summed E-state index contributed by atoms with van der Waals surface area (Å²) in [5.41, 5.74) is 9.52. The summed E-state index contributed by atoms with van der Waals surface area (Å²) in [7, 11) is 0. The molecule has 48 heavy (non-hydrogen) atoms. The summed E-state index contributed by atoms with van der Waals surface area (Å²) in [6.07, 6.45) is 0. The Morgan fingerprint density at radius 3 is 2.08 bits per heavy atom. The van der Waals surface area contributed by atoms with Crippen LogP contribution in [0.3, 0.4) is 0 Å². The highest BCUT2D eigenvalue weighted by Crippen LogP contribution is 2.48. The molecule has 0 bridgehead atoms. The zero-order chi connectivity index (χ0) is 31.2. The number of rotatable bonds is 1. The number of fused-ring (bicyclic) bond motifs is 14. The van der Waals surface area contributed by atoms with Crippen LogP contribution in [0, 0.1) is 0 Å². The highest BCUT2D eigenvalue weighted by Gasteiger charge is 2.29. The van der Waals surface area contributed by atoms with E-state index in [4.69, 9.17) is 9.97 Å². The average molecular weight is 611 g/mol. The molecule has 7 aromatic carbocycles. The summed E-state index contributed by atoms with van der Waals surface area (Å²) >= 11 is 0. The van der Waals surface area contributed by atoms with E-state index in [0.29, 0.717) is 17.1 Å². The Bertz CT molecular complexity index is 3250. The third kappa shape index (κ3) is 2.79. The molecule has 4 aromatic heterocycles. The molecule has 0 saturated carbocycles. The van der Waals surface area contributed by atoms with Crippen molar-refractivity contribution in [2.45, 2.75) is 0 Å². The number of aromatic nitrogens is 4. The lowest BCUT2D eigenvalue weighted by molar-refractivity contribution is 0.104. The topological polar surface area (TPSA) is 52.2 Å². The number of carbonyl (C=O) groups excluding carboxylic acids is 1. The van der Waals surface area contributed by atoms with E-state index in [1.807, 2.05) is 42.5 Å². The molecule has 1 aliphatic rings. The molecule has 4 heterocycles. The van der Waals surface area contributed by atoms with Gasteiger partial charge >= 0.3 is 0 Å². The van der Waals surface area contributed by atoms with Crippen molar-refractivity contribution in [3.63, 3.8) is 0 Å². The third-order valence-corrected chi connectivity index (χ3v) is 10.6. The minimum absolute atomic E-state index is 0.0184. The lowest BCUT2D eigenvalue weighted by atomic mass is 9.87. The van der Waals surface area contributed by atoms with Gasteiger partial charge < -0.3 is 4.40 Å². The van der Waals surface area contributed by atoms with Gasteiger partial charge in [-0.05, 0) is 29.7 Å². The first-order valence-electron chi connectivity index (χ1n) is 16.2. The molecule has 5 heteroatoms. The highest BCUT2D eigenvalue weighted by atomic mass is 16.1. The van der Waals surface area contributed by atoms with Gasteiger partial charge in [0.05, 0.1) is 38.8 Å². The van der Waals surface area contributed by atoms with E-state index in [-0.39, 0.29) is 5.78 Å². The minimum Gasteiger partial charge on any atom is -0.307 e. The smallest absolute Gasteiger partial charge is 0.235 e. The predicted molar refractivity (Wildman–Crippen MR) is 195 cm³/mol. The molecule has 11 aromatic rings. The van der Waals surface area contributed by atoms with E-state index in [0.717, 1.165) is 38.6 Å². The monoisotopic (exact) mass is 610 g/mol. The van der Waals surface area contributed by atoms with E-state index in [1.165, 1.54) is 54.3 Å². The molecule has 0 saturated heterocycles.